The Morgan fingerprint density at radius 3 is 2.71 bits per heavy atom. The van der Waals surface area contributed by atoms with E-state index in [1.54, 1.807) is 7.11 Å². The molecule has 1 aromatic heterocycles. The van der Waals surface area contributed by atoms with Crippen LogP contribution >= 0.6 is 0 Å². The molecule has 0 saturated carbocycles. The van der Waals surface area contributed by atoms with Gasteiger partial charge < -0.3 is 19.4 Å². The lowest BCUT2D eigenvalue weighted by molar-refractivity contribution is 0.0927. The summed E-state index contributed by atoms with van der Waals surface area (Å²) in [5.41, 5.74) is 2.33. The number of amides is 1. The van der Waals surface area contributed by atoms with Crippen molar-refractivity contribution < 1.29 is 22.7 Å². The summed E-state index contributed by atoms with van der Waals surface area (Å²) in [4.78, 5) is 13.1. The Labute approximate surface area is 165 Å². The standard InChI is InChI=1S/C19H27N3O5S/c1-12-18(15-8-14(26-5)6-7-17(15)22(12)4)19(23)20-16-10-27-9-13(16)11-28(24,25)21(2)3/h6-8,13,16H,9-11H2,1-5H3,(H,20,23)/t13-,16-/m0/s1. The van der Waals surface area contributed by atoms with Crippen molar-refractivity contribution in [1.29, 1.82) is 0 Å². The Hall–Kier alpha value is -2.10. The zero-order valence-electron chi connectivity index (χ0n) is 16.9. The first-order valence-electron chi connectivity index (χ1n) is 9.07. The molecule has 1 aliphatic heterocycles. The predicted octanol–water partition coefficient (Wildman–Crippen LogP) is 1.13. The number of rotatable bonds is 6. The number of nitrogens with one attached hydrogen (secondary N) is 1. The average molecular weight is 410 g/mol. The van der Waals surface area contributed by atoms with Crippen LogP contribution in [0.4, 0.5) is 0 Å². The Morgan fingerprint density at radius 2 is 2.07 bits per heavy atom. The van der Waals surface area contributed by atoms with Crippen LogP contribution in [0.25, 0.3) is 10.9 Å². The summed E-state index contributed by atoms with van der Waals surface area (Å²) in [6.45, 7) is 2.49. The average Bonchev–Trinajstić information content (AvgIpc) is 3.16. The minimum absolute atomic E-state index is 0.0622. The van der Waals surface area contributed by atoms with Crippen LogP contribution in [0.1, 0.15) is 16.1 Å². The molecular weight excluding hydrogens is 382 g/mol. The van der Waals surface area contributed by atoms with Crippen molar-refractivity contribution >= 4 is 26.8 Å². The third kappa shape index (κ3) is 3.74. The second-order valence-electron chi connectivity index (χ2n) is 7.34. The van der Waals surface area contributed by atoms with E-state index < -0.39 is 10.0 Å². The fourth-order valence-corrected chi connectivity index (χ4v) is 4.72. The zero-order chi connectivity index (χ0) is 20.6. The monoisotopic (exact) mass is 409 g/mol. The predicted molar refractivity (Wildman–Crippen MR) is 107 cm³/mol. The Kier molecular flexibility index (Phi) is 5.69. The zero-order valence-corrected chi connectivity index (χ0v) is 17.7. The number of benzene rings is 1. The molecule has 1 N–H and O–H groups in total. The number of fused-ring (bicyclic) bond motifs is 1. The topological polar surface area (TPSA) is 89.9 Å². The molecule has 0 radical (unpaired) electrons. The molecule has 1 amide bonds. The van der Waals surface area contributed by atoms with E-state index in [1.807, 2.05) is 36.7 Å². The van der Waals surface area contributed by atoms with E-state index in [0.717, 1.165) is 16.6 Å². The van der Waals surface area contributed by atoms with Gasteiger partial charge in [0, 0.05) is 43.7 Å². The Morgan fingerprint density at radius 1 is 1.36 bits per heavy atom. The Bertz CT molecular complexity index is 997. The highest BCUT2D eigenvalue weighted by atomic mass is 32.2. The summed E-state index contributed by atoms with van der Waals surface area (Å²) in [6.07, 6.45) is 0. The number of sulfonamides is 1. The highest BCUT2D eigenvalue weighted by Crippen LogP contribution is 2.29. The molecule has 0 aliphatic carbocycles. The first-order valence-corrected chi connectivity index (χ1v) is 10.7. The minimum atomic E-state index is -3.38. The molecule has 1 aromatic carbocycles. The maximum Gasteiger partial charge on any atom is 0.254 e. The van der Waals surface area contributed by atoms with Gasteiger partial charge in [0.05, 0.1) is 37.7 Å². The number of ether oxygens (including phenoxy) is 2. The van der Waals surface area contributed by atoms with Crippen LogP contribution in [-0.4, -0.2) is 69.4 Å². The lowest BCUT2D eigenvalue weighted by Crippen LogP contribution is -2.43. The molecule has 9 heteroatoms. The molecule has 0 spiro atoms. The number of hydrogen-bond donors (Lipinski definition) is 1. The number of hydrogen-bond acceptors (Lipinski definition) is 5. The van der Waals surface area contributed by atoms with Crippen molar-refractivity contribution in [2.45, 2.75) is 13.0 Å². The highest BCUT2D eigenvalue weighted by molar-refractivity contribution is 7.89. The van der Waals surface area contributed by atoms with Crippen LogP contribution in [0.3, 0.4) is 0 Å². The molecular formula is C19H27N3O5S. The fourth-order valence-electron chi connectivity index (χ4n) is 3.55. The van der Waals surface area contributed by atoms with Gasteiger partial charge in [-0.3, -0.25) is 4.79 Å². The normalized spacial score (nSPS) is 20.1. The fraction of sp³-hybridized carbons (Fsp3) is 0.526. The van der Waals surface area contributed by atoms with Crippen molar-refractivity contribution in [3.8, 4) is 5.75 Å². The van der Waals surface area contributed by atoms with Gasteiger partial charge in [-0.25, -0.2) is 12.7 Å². The second-order valence-corrected chi connectivity index (χ2v) is 9.57. The van der Waals surface area contributed by atoms with Gasteiger partial charge in [-0.2, -0.15) is 0 Å². The van der Waals surface area contributed by atoms with Crippen molar-refractivity contribution in [1.82, 2.24) is 14.2 Å². The van der Waals surface area contributed by atoms with Crippen molar-refractivity contribution in [3.63, 3.8) is 0 Å². The molecule has 3 rings (SSSR count). The highest BCUT2D eigenvalue weighted by Gasteiger charge is 2.35. The summed E-state index contributed by atoms with van der Waals surface area (Å²) in [6, 6.07) is 5.26. The molecule has 2 aromatic rings. The van der Waals surface area contributed by atoms with E-state index in [0.29, 0.717) is 24.5 Å². The number of methoxy groups -OCH3 is 1. The number of aromatic nitrogens is 1. The molecule has 0 unspecified atom stereocenters. The molecule has 8 nitrogen and oxygen atoms in total. The van der Waals surface area contributed by atoms with E-state index in [9.17, 15) is 13.2 Å². The van der Waals surface area contributed by atoms with Crippen LogP contribution in [0.5, 0.6) is 5.75 Å². The molecule has 2 atom stereocenters. The molecule has 0 bridgehead atoms. The molecule has 1 fully saturated rings. The third-order valence-corrected chi connectivity index (χ3v) is 7.38. The smallest absolute Gasteiger partial charge is 0.254 e. The summed E-state index contributed by atoms with van der Waals surface area (Å²) in [5.74, 6) is 0.0828. The first-order chi connectivity index (χ1) is 13.2. The summed E-state index contributed by atoms with van der Waals surface area (Å²) in [7, 11) is 3.12. The lowest BCUT2D eigenvalue weighted by atomic mass is 10.0. The van der Waals surface area contributed by atoms with E-state index in [2.05, 4.69) is 5.32 Å². The molecule has 154 valence electrons. The van der Waals surface area contributed by atoms with Gasteiger partial charge in [-0.15, -0.1) is 0 Å². The molecule has 2 heterocycles. The maximum atomic E-state index is 13.1. The molecule has 1 saturated heterocycles. The van der Waals surface area contributed by atoms with Crippen LogP contribution in [0.2, 0.25) is 0 Å². The summed E-state index contributed by atoms with van der Waals surface area (Å²) >= 11 is 0. The van der Waals surface area contributed by atoms with Gasteiger partial charge >= 0.3 is 0 Å². The van der Waals surface area contributed by atoms with Gasteiger partial charge in [-0.1, -0.05) is 0 Å². The lowest BCUT2D eigenvalue weighted by Gasteiger charge is -2.21. The third-order valence-electron chi connectivity index (χ3n) is 5.42. The van der Waals surface area contributed by atoms with E-state index in [1.165, 1.54) is 18.4 Å². The quantitative estimate of drug-likeness (QED) is 0.773. The first kappa shape index (κ1) is 20.6. The van der Waals surface area contributed by atoms with Crippen molar-refractivity contribution in [3.05, 3.63) is 29.5 Å². The van der Waals surface area contributed by atoms with Crippen LogP contribution in [-0.2, 0) is 21.8 Å². The number of carbonyl (C=O) groups excluding carboxylic acids is 1. The van der Waals surface area contributed by atoms with Crippen LogP contribution in [0.15, 0.2) is 18.2 Å². The van der Waals surface area contributed by atoms with Gasteiger partial charge in [-0.05, 0) is 25.1 Å². The van der Waals surface area contributed by atoms with Gasteiger partial charge in [0.2, 0.25) is 10.0 Å². The number of carbonyl (C=O) groups is 1. The van der Waals surface area contributed by atoms with E-state index >= 15 is 0 Å². The number of aryl methyl sites for hydroxylation is 1. The molecule has 1 aliphatic rings. The Balaban J connectivity index is 1.88. The second kappa shape index (κ2) is 7.73. The van der Waals surface area contributed by atoms with Crippen LogP contribution in [0, 0.1) is 12.8 Å². The molecule has 28 heavy (non-hydrogen) atoms. The SMILES string of the molecule is COc1ccc2c(c1)c(C(=O)N[C@H]1COC[C@H]1CS(=O)(=O)N(C)C)c(C)n2C. The summed E-state index contributed by atoms with van der Waals surface area (Å²) in [5, 5.41) is 3.79. The maximum absolute atomic E-state index is 13.1. The largest absolute Gasteiger partial charge is 0.497 e. The van der Waals surface area contributed by atoms with E-state index in [4.69, 9.17) is 9.47 Å². The van der Waals surface area contributed by atoms with Gasteiger partial charge in [0.25, 0.3) is 5.91 Å². The minimum Gasteiger partial charge on any atom is -0.497 e. The van der Waals surface area contributed by atoms with E-state index in [-0.39, 0.29) is 23.6 Å². The summed E-state index contributed by atoms with van der Waals surface area (Å²) < 4.78 is 38.4. The van der Waals surface area contributed by atoms with Crippen molar-refractivity contribution in [2.75, 3.05) is 40.2 Å². The van der Waals surface area contributed by atoms with Gasteiger partial charge in [0.15, 0.2) is 0 Å². The number of nitrogens with zero attached hydrogens (tertiary/aromatic N) is 2. The van der Waals surface area contributed by atoms with Gasteiger partial charge in [0.1, 0.15) is 5.75 Å². The van der Waals surface area contributed by atoms with Crippen LogP contribution < -0.4 is 10.1 Å². The van der Waals surface area contributed by atoms with Crippen molar-refractivity contribution in [2.24, 2.45) is 13.0 Å².